The largest absolute Gasteiger partial charge is 0.481 e. The second kappa shape index (κ2) is 8.89. The van der Waals surface area contributed by atoms with Gasteiger partial charge in [-0.2, -0.15) is 0 Å². The van der Waals surface area contributed by atoms with Gasteiger partial charge in [-0.3, -0.25) is 9.59 Å². The van der Waals surface area contributed by atoms with Crippen molar-refractivity contribution in [1.29, 1.82) is 0 Å². The minimum Gasteiger partial charge on any atom is -0.481 e. The fraction of sp³-hybridized carbons (Fsp3) is 0.556. The Morgan fingerprint density at radius 1 is 1.59 bits per heavy atom. The Balaban J connectivity index is 0.00000121. The zero-order valence-electron chi connectivity index (χ0n) is 9.64. The number of carboxylic acids is 1. The standard InChI is InChI=1S/C8H11N3O3S.CH3Cl/c1-2-9-8(14)6-5-11(10-15-6)4-3-7(12)13;1-2/h5H,2-4H2,1H3,(H-,9,12,13,14);1H3/p+1. The first-order valence-electron chi connectivity index (χ1n) is 4.87. The maximum atomic E-state index is 11.3. The molecule has 1 amide bonds. The molecule has 0 saturated heterocycles. The van der Waals surface area contributed by atoms with Crippen LogP contribution in [0.1, 0.15) is 23.0 Å². The lowest BCUT2D eigenvalue weighted by molar-refractivity contribution is -0.745. The number of halogens is 1. The number of amides is 1. The van der Waals surface area contributed by atoms with Crippen molar-refractivity contribution in [3.8, 4) is 0 Å². The highest BCUT2D eigenvalue weighted by Gasteiger charge is 2.16. The molecule has 0 aliphatic rings. The second-order valence-corrected chi connectivity index (χ2v) is 3.62. The van der Waals surface area contributed by atoms with Gasteiger partial charge in [-0.15, -0.1) is 11.6 Å². The maximum Gasteiger partial charge on any atom is 0.309 e. The third-order valence-corrected chi connectivity index (χ3v) is 2.41. The molecular formula is C9H15ClN3O3S+. The van der Waals surface area contributed by atoms with E-state index in [2.05, 4.69) is 21.4 Å². The van der Waals surface area contributed by atoms with E-state index >= 15 is 0 Å². The molecule has 0 bridgehead atoms. The minimum atomic E-state index is -0.880. The smallest absolute Gasteiger partial charge is 0.309 e. The van der Waals surface area contributed by atoms with Gasteiger partial charge in [0.15, 0.2) is 11.4 Å². The molecule has 0 aromatic carbocycles. The van der Waals surface area contributed by atoms with Gasteiger partial charge in [0.2, 0.25) is 6.20 Å². The highest BCUT2D eigenvalue weighted by atomic mass is 35.5. The van der Waals surface area contributed by atoms with Gasteiger partial charge in [-0.25, -0.2) is 0 Å². The van der Waals surface area contributed by atoms with Gasteiger partial charge in [0.1, 0.15) is 6.42 Å². The Morgan fingerprint density at radius 2 is 2.24 bits per heavy atom. The fourth-order valence-electron chi connectivity index (χ4n) is 0.942. The van der Waals surface area contributed by atoms with Crippen molar-refractivity contribution in [2.24, 2.45) is 0 Å². The summed E-state index contributed by atoms with van der Waals surface area (Å²) in [5.41, 5.74) is 0. The molecule has 0 fully saturated rings. The van der Waals surface area contributed by atoms with Gasteiger partial charge < -0.3 is 10.4 Å². The summed E-state index contributed by atoms with van der Waals surface area (Å²) >= 11 is 5.70. The lowest BCUT2D eigenvalue weighted by Crippen LogP contribution is -2.36. The molecule has 1 heterocycles. The summed E-state index contributed by atoms with van der Waals surface area (Å²) in [6.07, 6.45) is 3.03. The molecule has 17 heavy (non-hydrogen) atoms. The number of hydrogen-bond donors (Lipinski definition) is 2. The van der Waals surface area contributed by atoms with E-state index in [9.17, 15) is 9.59 Å². The Hall–Kier alpha value is -1.21. The number of nitrogens with one attached hydrogen (secondary N) is 1. The summed E-state index contributed by atoms with van der Waals surface area (Å²) in [5.74, 6) is -1.06. The van der Waals surface area contributed by atoms with Crippen LogP contribution in [0.15, 0.2) is 6.20 Å². The van der Waals surface area contributed by atoms with Crippen LogP contribution in [-0.4, -0.2) is 34.4 Å². The summed E-state index contributed by atoms with van der Waals surface area (Å²) in [5, 5.41) is 11.1. The van der Waals surface area contributed by atoms with Crippen molar-refractivity contribution >= 4 is 35.0 Å². The Morgan fingerprint density at radius 3 is 2.76 bits per heavy atom. The molecule has 1 aromatic rings. The number of carbonyl (C=O) groups excluding carboxylic acids is 1. The molecule has 0 saturated carbocycles. The number of aryl methyl sites for hydroxylation is 1. The van der Waals surface area contributed by atoms with E-state index in [1.54, 1.807) is 6.20 Å². The summed E-state index contributed by atoms with van der Waals surface area (Å²) < 4.78 is 5.39. The SMILES string of the molecule is CCNC(=O)c1c[n+](CCC(=O)O)ns1.CCl. The van der Waals surface area contributed by atoms with Gasteiger partial charge >= 0.3 is 5.97 Å². The summed E-state index contributed by atoms with van der Waals surface area (Å²) in [6, 6.07) is 0. The zero-order valence-corrected chi connectivity index (χ0v) is 11.2. The van der Waals surface area contributed by atoms with Crippen LogP contribution in [0.5, 0.6) is 0 Å². The predicted molar refractivity (Wildman–Crippen MR) is 64.3 cm³/mol. The minimum absolute atomic E-state index is 0.00321. The molecule has 0 unspecified atom stereocenters. The first kappa shape index (κ1) is 15.8. The van der Waals surface area contributed by atoms with Gasteiger partial charge in [-0.05, 0) is 6.92 Å². The normalized spacial score (nSPS) is 9.12. The summed E-state index contributed by atoms with van der Waals surface area (Å²) in [4.78, 5) is 22.1. The highest BCUT2D eigenvalue weighted by molar-refractivity contribution is 7.07. The van der Waals surface area contributed by atoms with E-state index < -0.39 is 5.97 Å². The number of carbonyl (C=O) groups is 2. The molecular weight excluding hydrogens is 266 g/mol. The van der Waals surface area contributed by atoms with Crippen LogP contribution in [0.4, 0.5) is 0 Å². The van der Waals surface area contributed by atoms with Crippen molar-refractivity contribution in [2.45, 2.75) is 19.9 Å². The zero-order chi connectivity index (χ0) is 13.3. The van der Waals surface area contributed by atoms with Crippen LogP contribution >= 0.6 is 23.1 Å². The lowest BCUT2D eigenvalue weighted by atomic mass is 10.4. The lowest BCUT2D eigenvalue weighted by Gasteiger charge is -1.93. The van der Waals surface area contributed by atoms with Crippen molar-refractivity contribution in [1.82, 2.24) is 9.81 Å². The van der Waals surface area contributed by atoms with E-state index in [1.165, 1.54) is 11.1 Å². The van der Waals surface area contributed by atoms with Gasteiger partial charge in [0, 0.05) is 24.5 Å². The molecule has 0 aliphatic carbocycles. The quantitative estimate of drug-likeness (QED) is 0.608. The third kappa shape index (κ3) is 6.18. The van der Waals surface area contributed by atoms with E-state index in [0.29, 0.717) is 11.4 Å². The van der Waals surface area contributed by atoms with Crippen molar-refractivity contribution in [2.75, 3.05) is 12.9 Å². The first-order valence-corrected chi connectivity index (χ1v) is 6.40. The van der Waals surface area contributed by atoms with Crippen molar-refractivity contribution < 1.29 is 19.4 Å². The van der Waals surface area contributed by atoms with E-state index in [1.807, 2.05) is 6.92 Å². The molecule has 6 nitrogen and oxygen atoms in total. The van der Waals surface area contributed by atoms with Crippen LogP contribution in [0.2, 0.25) is 0 Å². The van der Waals surface area contributed by atoms with E-state index in [4.69, 9.17) is 5.11 Å². The fourth-order valence-corrected chi connectivity index (χ4v) is 1.59. The molecule has 0 radical (unpaired) electrons. The van der Waals surface area contributed by atoms with Gasteiger partial charge in [0.05, 0.1) is 4.49 Å². The average Bonchev–Trinajstić information content (AvgIpc) is 2.78. The van der Waals surface area contributed by atoms with Crippen LogP contribution in [0, 0.1) is 0 Å². The van der Waals surface area contributed by atoms with Crippen LogP contribution < -0.4 is 10.00 Å². The van der Waals surface area contributed by atoms with Gasteiger partial charge in [0.25, 0.3) is 5.91 Å². The molecule has 0 spiro atoms. The Bertz CT molecular complexity index is 370. The third-order valence-electron chi connectivity index (χ3n) is 1.63. The maximum absolute atomic E-state index is 11.3. The van der Waals surface area contributed by atoms with Crippen molar-refractivity contribution in [3.63, 3.8) is 0 Å². The topological polar surface area (TPSA) is 83.2 Å². The number of carboxylic acid groups (broad SMARTS) is 1. The molecule has 0 aliphatic heterocycles. The molecule has 96 valence electrons. The number of aromatic nitrogens is 2. The predicted octanol–water partition coefficient (Wildman–Crippen LogP) is 0.510. The Kier molecular flexibility index (Phi) is 8.25. The van der Waals surface area contributed by atoms with Gasteiger partial charge in [-0.1, -0.05) is 4.68 Å². The molecule has 0 atom stereocenters. The summed E-state index contributed by atoms with van der Waals surface area (Å²) in [6.45, 7) is 2.68. The summed E-state index contributed by atoms with van der Waals surface area (Å²) in [7, 11) is 0. The number of aliphatic carboxylic acids is 1. The van der Waals surface area contributed by atoms with Crippen LogP contribution in [-0.2, 0) is 11.3 Å². The van der Waals surface area contributed by atoms with Crippen LogP contribution in [0.25, 0.3) is 0 Å². The number of nitrogens with zero attached hydrogens (tertiary/aromatic N) is 2. The number of rotatable bonds is 5. The monoisotopic (exact) mass is 280 g/mol. The van der Waals surface area contributed by atoms with E-state index in [0.717, 1.165) is 11.5 Å². The Labute approximate surface area is 108 Å². The second-order valence-electron chi connectivity index (χ2n) is 2.83. The average molecular weight is 281 g/mol. The number of alkyl halides is 1. The molecule has 2 N–H and O–H groups in total. The first-order chi connectivity index (χ1) is 8.13. The molecule has 1 aromatic heterocycles. The molecule has 1 rings (SSSR count). The highest BCUT2D eigenvalue weighted by Crippen LogP contribution is 2.00. The van der Waals surface area contributed by atoms with E-state index in [-0.39, 0.29) is 18.9 Å². The van der Waals surface area contributed by atoms with Crippen LogP contribution in [0.3, 0.4) is 0 Å². The molecule has 8 heteroatoms. The van der Waals surface area contributed by atoms with Crippen molar-refractivity contribution in [3.05, 3.63) is 11.1 Å². The number of hydrogen-bond acceptors (Lipinski definition) is 4.